The van der Waals surface area contributed by atoms with Crippen LogP contribution in [0.25, 0.3) is 22.3 Å². The number of anilines is 1. The van der Waals surface area contributed by atoms with Gasteiger partial charge in [-0.25, -0.2) is 25.0 Å². The Kier molecular flexibility index (Phi) is 11.9. The molecule has 0 spiro atoms. The van der Waals surface area contributed by atoms with Crippen LogP contribution in [0.4, 0.5) is 5.82 Å². The summed E-state index contributed by atoms with van der Waals surface area (Å²) >= 11 is 10.5. The number of hydrogen-bond donors (Lipinski definition) is 3. The van der Waals surface area contributed by atoms with Crippen molar-refractivity contribution >= 4 is 71.0 Å². The van der Waals surface area contributed by atoms with Gasteiger partial charge < -0.3 is 37.8 Å². The number of carbonyl (C=O) groups is 1. The molecule has 1 aromatic carbocycles. The molecule has 26 heteroatoms. The van der Waals surface area contributed by atoms with Crippen molar-refractivity contribution in [1.29, 1.82) is 5.26 Å². The van der Waals surface area contributed by atoms with Gasteiger partial charge in [-0.05, 0) is 48.6 Å². The van der Waals surface area contributed by atoms with Crippen LogP contribution in [0.1, 0.15) is 48.5 Å². The lowest BCUT2D eigenvalue weighted by molar-refractivity contribution is -0.0472. The van der Waals surface area contributed by atoms with Crippen LogP contribution in [-0.2, 0) is 51.2 Å². The zero-order valence-corrected chi connectivity index (χ0v) is 31.7. The zero-order valence-electron chi connectivity index (χ0n) is 28.3. The van der Waals surface area contributed by atoms with Gasteiger partial charge in [-0.2, -0.15) is 5.26 Å². The van der Waals surface area contributed by atoms with E-state index in [4.69, 9.17) is 56.4 Å². The standard InChI is InChI=1S/C29H30N12O10P2S2/c30-9-4-10-46-52(54,39-44)47-13-19-11-20(29(50-19)41-16-34-23-26(41)36-38-37-28(23)43)51-53(45,55)48-12-18-7-8-21(49-18)40-15-33-22-24(31-14-32-25(22)40)35-27(42)17-5-2-1-3-6-17/h1-3,5-6,14-16,18-21,29H,4,7-8,10-13H2,(H,45,55)(H,36,37,43)(H,31,32,35,42)/t18-,19-,20+,21+,29+,52?,53?/m0/s1. The van der Waals surface area contributed by atoms with Crippen LogP contribution in [-0.4, -0.2) is 93.4 Å². The highest BCUT2D eigenvalue weighted by atomic mass is 32.5. The van der Waals surface area contributed by atoms with Crippen molar-refractivity contribution in [2.75, 3.05) is 25.1 Å². The van der Waals surface area contributed by atoms with E-state index in [9.17, 15) is 19.4 Å². The van der Waals surface area contributed by atoms with Crippen LogP contribution in [0.2, 0.25) is 0 Å². The van der Waals surface area contributed by atoms with E-state index < -0.39 is 49.7 Å². The van der Waals surface area contributed by atoms with E-state index in [0.717, 1.165) is 0 Å². The summed E-state index contributed by atoms with van der Waals surface area (Å²) < 4.78 is 38.0. The molecule has 2 aliphatic rings. The number of imidazole rings is 2. The Balaban J connectivity index is 1.00. The number of nitroso groups, excluding NO2 is 1. The molecule has 0 radical (unpaired) electrons. The van der Waals surface area contributed by atoms with Crippen LogP contribution in [0.3, 0.4) is 0 Å². The number of nitriles is 1. The number of H-pyrrole nitrogens is 1. The third-order valence-electron chi connectivity index (χ3n) is 8.40. The Bertz CT molecular complexity index is 2390. The molecule has 5 aromatic rings. The summed E-state index contributed by atoms with van der Waals surface area (Å²) in [5, 5.41) is 21.3. The van der Waals surface area contributed by atoms with Crippen LogP contribution < -0.4 is 10.9 Å². The molecule has 7 rings (SSSR count). The molecule has 1 amide bonds. The van der Waals surface area contributed by atoms with Gasteiger partial charge in [0.15, 0.2) is 34.4 Å². The Morgan fingerprint density at radius 1 is 1.04 bits per heavy atom. The van der Waals surface area contributed by atoms with Crippen molar-refractivity contribution in [3.8, 4) is 6.07 Å². The van der Waals surface area contributed by atoms with Gasteiger partial charge in [0.1, 0.15) is 18.7 Å². The summed E-state index contributed by atoms with van der Waals surface area (Å²) in [6.07, 6.45) is 1.37. The Morgan fingerprint density at radius 3 is 2.62 bits per heavy atom. The van der Waals surface area contributed by atoms with Gasteiger partial charge in [-0.3, -0.25) is 18.7 Å². The fourth-order valence-electron chi connectivity index (χ4n) is 5.92. The minimum atomic E-state index is -3.99. The number of rotatable bonds is 16. The summed E-state index contributed by atoms with van der Waals surface area (Å²) in [5.74, 6) is -0.102. The number of aromatic amines is 1. The maximum atomic E-state index is 12.8. The van der Waals surface area contributed by atoms with Gasteiger partial charge in [0.05, 0.1) is 57.2 Å². The van der Waals surface area contributed by atoms with E-state index in [1.807, 2.05) is 12.1 Å². The molecule has 0 bridgehead atoms. The summed E-state index contributed by atoms with van der Waals surface area (Å²) in [5.41, 5.74) is 0.718. The highest BCUT2D eigenvalue weighted by Gasteiger charge is 2.43. The van der Waals surface area contributed by atoms with E-state index in [2.05, 4.69) is 45.6 Å². The van der Waals surface area contributed by atoms with Gasteiger partial charge >= 0.3 is 13.4 Å². The largest absolute Gasteiger partial charge is 0.352 e. The molecule has 7 atom stereocenters. The number of ether oxygens (including phenoxy) is 2. The van der Waals surface area contributed by atoms with Crippen molar-refractivity contribution in [3.05, 3.63) is 70.1 Å². The summed E-state index contributed by atoms with van der Waals surface area (Å²) in [4.78, 5) is 67.7. The smallest absolute Gasteiger partial charge is 0.348 e. The van der Waals surface area contributed by atoms with Gasteiger partial charge in [0.25, 0.3) is 11.5 Å². The third kappa shape index (κ3) is 8.88. The topological polar surface area (TPSA) is 278 Å². The fraction of sp³-hybridized carbons (Fsp3) is 0.414. The summed E-state index contributed by atoms with van der Waals surface area (Å²) in [7, 11) is 0. The quantitative estimate of drug-likeness (QED) is 0.0731. The molecule has 4 aromatic heterocycles. The Labute approximate surface area is 319 Å². The predicted octanol–water partition coefficient (Wildman–Crippen LogP) is 3.13. The van der Waals surface area contributed by atoms with Gasteiger partial charge in [0, 0.05) is 16.9 Å². The maximum absolute atomic E-state index is 12.8. The molecule has 2 unspecified atom stereocenters. The number of fused-ring (bicyclic) bond motifs is 2. The molecule has 2 fully saturated rings. The first kappa shape index (κ1) is 38.9. The molecule has 2 saturated heterocycles. The maximum Gasteiger partial charge on any atom is 0.348 e. The second kappa shape index (κ2) is 16.8. The first-order valence-corrected chi connectivity index (χ1v) is 21.6. The first-order chi connectivity index (χ1) is 26.6. The molecule has 55 heavy (non-hydrogen) atoms. The van der Waals surface area contributed by atoms with E-state index in [0.29, 0.717) is 29.6 Å². The fourth-order valence-corrected chi connectivity index (χ4v) is 8.63. The second-order valence-corrected chi connectivity index (χ2v) is 17.8. The predicted molar refractivity (Wildman–Crippen MR) is 197 cm³/mol. The van der Waals surface area contributed by atoms with Crippen LogP contribution in [0.15, 0.2) is 59.1 Å². The van der Waals surface area contributed by atoms with Gasteiger partial charge in [-0.15, -0.1) is 10.0 Å². The van der Waals surface area contributed by atoms with E-state index in [1.54, 1.807) is 35.2 Å². The lowest BCUT2D eigenvalue weighted by Gasteiger charge is -2.25. The Morgan fingerprint density at radius 2 is 1.82 bits per heavy atom. The summed E-state index contributed by atoms with van der Waals surface area (Å²) in [6, 6.07) is 10.6. The molecule has 3 N–H and O–H groups in total. The van der Waals surface area contributed by atoms with Crippen molar-refractivity contribution in [2.24, 2.45) is 4.95 Å². The molecule has 6 heterocycles. The monoisotopic (exact) mass is 832 g/mol. The zero-order chi connectivity index (χ0) is 38.6. The average Bonchev–Trinajstić information content (AvgIpc) is 4.00. The number of benzene rings is 1. The van der Waals surface area contributed by atoms with Crippen LogP contribution >= 0.6 is 13.4 Å². The number of carbonyl (C=O) groups excluding carboxylic acids is 1. The molecule has 0 aliphatic carbocycles. The Hall–Kier alpha value is -4.37. The van der Waals surface area contributed by atoms with Crippen molar-refractivity contribution in [2.45, 2.75) is 56.5 Å². The lowest BCUT2D eigenvalue weighted by Crippen LogP contribution is -2.23. The second-order valence-electron chi connectivity index (χ2n) is 12.0. The van der Waals surface area contributed by atoms with Gasteiger partial charge in [0.2, 0.25) is 0 Å². The van der Waals surface area contributed by atoms with E-state index in [-0.39, 0.29) is 55.6 Å². The number of hydrogen-bond acceptors (Lipinski definition) is 18. The van der Waals surface area contributed by atoms with Gasteiger partial charge in [-0.1, -0.05) is 23.4 Å². The van der Waals surface area contributed by atoms with E-state index >= 15 is 0 Å². The highest BCUT2D eigenvalue weighted by molar-refractivity contribution is 8.09. The molecule has 288 valence electrons. The molecule has 22 nitrogen and oxygen atoms in total. The van der Waals surface area contributed by atoms with Crippen LogP contribution in [0, 0.1) is 16.2 Å². The van der Waals surface area contributed by atoms with E-state index in [1.165, 1.54) is 17.2 Å². The number of amides is 1. The number of nitrogens with one attached hydrogen (secondary N) is 2. The van der Waals surface area contributed by atoms with Crippen molar-refractivity contribution in [1.82, 2.24) is 44.5 Å². The molecule has 0 saturated carbocycles. The van der Waals surface area contributed by atoms with Crippen molar-refractivity contribution < 1.29 is 37.3 Å². The number of nitrogens with zero attached hydrogens (tertiary/aromatic N) is 10. The molecular formula is C29H30N12O10P2S2. The third-order valence-corrected chi connectivity index (χ3v) is 12.0. The molecular weight excluding hydrogens is 802 g/mol. The van der Waals surface area contributed by atoms with Crippen molar-refractivity contribution in [3.63, 3.8) is 0 Å². The minimum absolute atomic E-state index is 0.0244. The summed E-state index contributed by atoms with van der Waals surface area (Å²) in [6.45, 7) is -8.17. The van der Waals surface area contributed by atoms with Crippen LogP contribution in [0.5, 0.6) is 0 Å². The average molecular weight is 833 g/mol. The SMILES string of the molecule is N#CCCOP(=S)(N=O)OC[C@@H]1C[C@@H](OP(O)(=S)OC[C@@H]2CC[C@H](n3cnc4c(NC(=O)c5ccccc5)ncnc43)O2)[C@H](n2cnc3c(=O)[nH]nnc32)O1. The highest BCUT2D eigenvalue weighted by Crippen LogP contribution is 2.53. The minimum Gasteiger partial charge on any atom is -0.352 e. The molecule has 2 aliphatic heterocycles. The first-order valence-electron chi connectivity index (χ1n) is 16.5. The number of aromatic nitrogens is 9. The normalized spacial score (nSPS) is 23.3. The lowest BCUT2D eigenvalue weighted by atomic mass is 10.2.